The summed E-state index contributed by atoms with van der Waals surface area (Å²) in [6.07, 6.45) is 0.361. The molecule has 0 radical (unpaired) electrons. The van der Waals surface area contributed by atoms with Crippen LogP contribution in [0.1, 0.15) is 24.4 Å². The number of hydrazone groups is 1. The van der Waals surface area contributed by atoms with Gasteiger partial charge in [0.15, 0.2) is 0 Å². The van der Waals surface area contributed by atoms with Gasteiger partial charge < -0.3 is 9.72 Å². The third-order valence-corrected chi connectivity index (χ3v) is 4.08. The molecule has 1 aliphatic heterocycles. The van der Waals surface area contributed by atoms with E-state index in [2.05, 4.69) is 20.5 Å². The van der Waals surface area contributed by atoms with Crippen molar-refractivity contribution in [2.45, 2.75) is 13.3 Å². The number of H-pyrrole nitrogens is 1. The normalized spacial score (nSPS) is 19.5. The molecule has 0 fully saturated rings. The van der Waals surface area contributed by atoms with Gasteiger partial charge in [0, 0.05) is 23.5 Å². The van der Waals surface area contributed by atoms with Crippen molar-refractivity contribution in [2.24, 2.45) is 11.0 Å². The van der Waals surface area contributed by atoms with Crippen LogP contribution in [0.15, 0.2) is 47.5 Å². The van der Waals surface area contributed by atoms with E-state index in [1.165, 1.54) is 7.11 Å². The standard InChI is InChI=1S/C19H18N4O2/c1-11-9-17(24)22-23-18(11)13-5-8-15-16(10-13)21-19(20-15)12-3-6-14(25-2)7-4-12/h3-8,10-11H,9H2,1-2H3,(H,20,21)(H,22,24)/i3D,4D,6D,7D. The van der Waals surface area contributed by atoms with Gasteiger partial charge in [0.05, 0.1) is 29.3 Å². The van der Waals surface area contributed by atoms with Crippen molar-refractivity contribution in [1.29, 1.82) is 0 Å². The Morgan fingerprint density at radius 1 is 1.24 bits per heavy atom. The van der Waals surface area contributed by atoms with Gasteiger partial charge in [-0.1, -0.05) is 13.0 Å². The molecule has 0 saturated heterocycles. The number of carbonyl (C=O) groups excluding carboxylic acids is 1. The zero-order chi connectivity index (χ0) is 20.9. The largest absolute Gasteiger partial charge is 0.497 e. The summed E-state index contributed by atoms with van der Waals surface area (Å²) in [5, 5.41) is 4.16. The lowest BCUT2D eigenvalue weighted by molar-refractivity contribution is -0.121. The summed E-state index contributed by atoms with van der Waals surface area (Å²) >= 11 is 0. The smallest absolute Gasteiger partial charge is 0.240 e. The molecule has 1 unspecified atom stereocenters. The fourth-order valence-electron chi connectivity index (χ4n) is 2.81. The molecule has 0 bridgehead atoms. The van der Waals surface area contributed by atoms with Gasteiger partial charge in [-0.15, -0.1) is 0 Å². The molecule has 6 heteroatoms. The Hall–Kier alpha value is -3.15. The first-order chi connectivity index (χ1) is 13.8. The summed E-state index contributed by atoms with van der Waals surface area (Å²) < 4.78 is 37.6. The maximum atomic E-state index is 11.5. The maximum Gasteiger partial charge on any atom is 0.240 e. The summed E-state index contributed by atoms with van der Waals surface area (Å²) in [6.45, 7) is 1.93. The number of hydrogen-bond donors (Lipinski definition) is 2. The molecule has 0 saturated carbocycles. The Balaban J connectivity index is 1.83. The Morgan fingerprint density at radius 3 is 2.76 bits per heavy atom. The highest BCUT2D eigenvalue weighted by molar-refractivity contribution is 6.07. The van der Waals surface area contributed by atoms with Crippen molar-refractivity contribution in [1.82, 2.24) is 15.4 Å². The number of ether oxygens (including phenoxy) is 1. The molecule has 1 aliphatic rings. The van der Waals surface area contributed by atoms with Crippen molar-refractivity contribution in [3.05, 3.63) is 47.9 Å². The van der Waals surface area contributed by atoms with Crippen LogP contribution in [0.3, 0.4) is 0 Å². The first kappa shape index (κ1) is 11.4. The number of methoxy groups -OCH3 is 1. The Kier molecular flexibility index (Phi) is 2.76. The minimum absolute atomic E-state index is 0.0263. The average Bonchev–Trinajstić information content (AvgIpc) is 3.10. The molecular formula is C19H18N4O2. The van der Waals surface area contributed by atoms with E-state index in [0.717, 1.165) is 11.3 Å². The summed E-state index contributed by atoms with van der Waals surface area (Å²) in [6, 6.07) is 4.51. The van der Waals surface area contributed by atoms with Crippen LogP contribution in [0.5, 0.6) is 5.75 Å². The van der Waals surface area contributed by atoms with Crippen LogP contribution in [0.2, 0.25) is 0 Å². The first-order valence-corrected chi connectivity index (χ1v) is 7.83. The summed E-state index contributed by atoms with van der Waals surface area (Å²) in [5.74, 6) is -0.00662. The monoisotopic (exact) mass is 338 g/mol. The van der Waals surface area contributed by atoms with Crippen LogP contribution in [0.25, 0.3) is 22.4 Å². The van der Waals surface area contributed by atoms with Crippen molar-refractivity contribution in [2.75, 3.05) is 7.11 Å². The number of hydrogen-bond acceptors (Lipinski definition) is 4. The molecule has 0 spiro atoms. The quantitative estimate of drug-likeness (QED) is 0.770. The lowest BCUT2D eigenvalue weighted by Crippen LogP contribution is -2.31. The number of benzene rings is 2. The Bertz CT molecular complexity index is 1160. The first-order valence-electron chi connectivity index (χ1n) is 9.83. The van der Waals surface area contributed by atoms with Crippen molar-refractivity contribution >= 4 is 22.7 Å². The van der Waals surface area contributed by atoms with E-state index < -0.39 is 0 Å². The van der Waals surface area contributed by atoms with Gasteiger partial charge in [-0.2, -0.15) is 5.10 Å². The molecule has 4 rings (SSSR count). The lowest BCUT2D eigenvalue weighted by Gasteiger charge is -2.18. The molecule has 6 nitrogen and oxygen atoms in total. The van der Waals surface area contributed by atoms with Crippen LogP contribution in [0.4, 0.5) is 0 Å². The second-order valence-electron chi connectivity index (χ2n) is 5.86. The number of fused-ring (bicyclic) bond motifs is 1. The van der Waals surface area contributed by atoms with E-state index in [9.17, 15) is 4.79 Å². The predicted molar refractivity (Wildman–Crippen MR) is 96.5 cm³/mol. The van der Waals surface area contributed by atoms with E-state index in [1.54, 1.807) is 6.07 Å². The minimum atomic E-state index is -0.259. The fourth-order valence-corrected chi connectivity index (χ4v) is 2.81. The maximum absolute atomic E-state index is 11.5. The topological polar surface area (TPSA) is 79.4 Å². The minimum Gasteiger partial charge on any atom is -0.497 e. The zero-order valence-electron chi connectivity index (χ0n) is 17.7. The third kappa shape index (κ3) is 2.87. The van der Waals surface area contributed by atoms with Gasteiger partial charge in [0.2, 0.25) is 5.91 Å². The number of nitrogens with one attached hydrogen (secondary N) is 2. The molecule has 1 amide bonds. The van der Waals surface area contributed by atoms with Crippen molar-refractivity contribution in [3.63, 3.8) is 0 Å². The molecule has 2 heterocycles. The number of aromatic amines is 1. The number of carbonyl (C=O) groups is 1. The number of nitrogens with zero attached hydrogens (tertiary/aromatic N) is 2. The van der Waals surface area contributed by atoms with Gasteiger partial charge >= 0.3 is 0 Å². The third-order valence-electron chi connectivity index (χ3n) is 4.08. The molecule has 3 aromatic rings. The number of amides is 1. The van der Waals surface area contributed by atoms with Gasteiger partial charge in [0.25, 0.3) is 0 Å². The molecule has 25 heavy (non-hydrogen) atoms. The molecule has 2 N–H and O–H groups in total. The zero-order valence-corrected chi connectivity index (χ0v) is 13.7. The predicted octanol–water partition coefficient (Wildman–Crippen LogP) is 3.10. The number of rotatable bonds is 3. The molecule has 1 aromatic heterocycles. The lowest BCUT2D eigenvalue weighted by atomic mass is 9.94. The Labute approximate surface area is 150 Å². The highest BCUT2D eigenvalue weighted by Gasteiger charge is 2.22. The number of imidazole rings is 1. The highest BCUT2D eigenvalue weighted by Crippen LogP contribution is 2.25. The van der Waals surface area contributed by atoms with E-state index in [1.807, 2.05) is 19.1 Å². The van der Waals surface area contributed by atoms with Crippen LogP contribution < -0.4 is 10.2 Å². The second-order valence-corrected chi connectivity index (χ2v) is 5.86. The van der Waals surface area contributed by atoms with Gasteiger partial charge in [-0.25, -0.2) is 10.4 Å². The Morgan fingerprint density at radius 2 is 2.04 bits per heavy atom. The highest BCUT2D eigenvalue weighted by atomic mass is 16.5. The SMILES string of the molecule is [2H]c1c([2H])c(-c2nc3ccc(C4=NNC(=O)CC4C)cc3[nH]2)c([2H])c([2H])c1OC. The van der Waals surface area contributed by atoms with Crippen LogP contribution in [0, 0.1) is 5.92 Å². The van der Waals surface area contributed by atoms with Crippen molar-refractivity contribution < 1.29 is 15.0 Å². The van der Waals surface area contributed by atoms with Gasteiger partial charge in [-0.3, -0.25) is 4.79 Å². The summed E-state index contributed by atoms with van der Waals surface area (Å²) in [4.78, 5) is 19.0. The van der Waals surface area contributed by atoms with Crippen LogP contribution in [-0.2, 0) is 4.79 Å². The van der Waals surface area contributed by atoms with Gasteiger partial charge in [0.1, 0.15) is 11.6 Å². The second kappa shape index (κ2) is 6.05. The van der Waals surface area contributed by atoms with E-state index in [-0.39, 0.29) is 53.1 Å². The van der Waals surface area contributed by atoms with Crippen LogP contribution in [-0.4, -0.2) is 28.7 Å². The summed E-state index contributed by atoms with van der Waals surface area (Å²) in [7, 11) is 1.31. The van der Waals surface area contributed by atoms with E-state index in [4.69, 9.17) is 10.2 Å². The fraction of sp³-hybridized carbons (Fsp3) is 0.211. The van der Waals surface area contributed by atoms with Crippen molar-refractivity contribution in [3.8, 4) is 17.1 Å². The van der Waals surface area contributed by atoms with Crippen LogP contribution >= 0.6 is 0 Å². The molecule has 2 aromatic carbocycles. The molecule has 0 aliphatic carbocycles. The summed E-state index contributed by atoms with van der Waals surface area (Å²) in [5.41, 5.74) is 5.44. The molecular weight excluding hydrogens is 316 g/mol. The van der Waals surface area contributed by atoms with Gasteiger partial charge in [-0.05, 0) is 36.3 Å². The number of aromatic nitrogens is 2. The molecule has 126 valence electrons. The van der Waals surface area contributed by atoms with E-state index >= 15 is 0 Å². The average molecular weight is 338 g/mol. The molecule has 1 atom stereocenters. The van der Waals surface area contributed by atoms with E-state index in [0.29, 0.717) is 17.5 Å².